The molecule has 1 N–H and O–H groups in total. The van der Waals surface area contributed by atoms with E-state index in [1.807, 2.05) is 20.8 Å². The highest BCUT2D eigenvalue weighted by Gasteiger charge is 2.29. The first kappa shape index (κ1) is 17.6. The second-order valence-corrected chi connectivity index (χ2v) is 7.61. The van der Waals surface area contributed by atoms with E-state index in [-0.39, 0.29) is 28.5 Å². The number of likely N-dealkylation sites (N-methyl/N-ethyl adjacent to an activating group) is 1. The number of rotatable bonds is 6. The average Bonchev–Trinajstić information content (AvgIpc) is 2.37. The molecule has 2 atom stereocenters. The van der Waals surface area contributed by atoms with Gasteiger partial charge in [-0.25, -0.2) is 8.42 Å². The fourth-order valence-corrected chi connectivity index (χ4v) is 3.22. The lowest BCUT2D eigenvalue weighted by Gasteiger charge is -2.27. The molecule has 0 aliphatic heterocycles. The quantitative estimate of drug-likeness (QED) is 0.643. The molecule has 7 heteroatoms. The zero-order chi connectivity index (χ0) is 16.4. The van der Waals surface area contributed by atoms with Crippen molar-refractivity contribution in [3.8, 4) is 0 Å². The summed E-state index contributed by atoms with van der Waals surface area (Å²) in [5, 5.41) is 14.4. The first-order valence-corrected chi connectivity index (χ1v) is 8.64. The van der Waals surface area contributed by atoms with Crippen molar-refractivity contribution < 1.29 is 13.3 Å². The van der Waals surface area contributed by atoms with Crippen molar-refractivity contribution in [2.45, 2.75) is 37.6 Å². The van der Waals surface area contributed by atoms with Crippen LogP contribution in [0.2, 0.25) is 0 Å². The Labute approximate surface area is 125 Å². The highest BCUT2D eigenvalue weighted by molar-refractivity contribution is 7.90. The lowest BCUT2D eigenvalue weighted by molar-refractivity contribution is -0.386. The molecular formula is C14H22N2O4S. The number of nitrogens with zero attached hydrogens (tertiary/aromatic N) is 1. The summed E-state index contributed by atoms with van der Waals surface area (Å²) in [4.78, 5) is 10.8. The Morgan fingerprint density at radius 2 is 1.81 bits per heavy atom. The monoisotopic (exact) mass is 314 g/mol. The Morgan fingerprint density at radius 1 is 1.24 bits per heavy atom. The molecule has 0 aromatic heterocycles. The Hall–Kier alpha value is -1.47. The van der Waals surface area contributed by atoms with Gasteiger partial charge in [-0.2, -0.15) is 0 Å². The third-order valence-electron chi connectivity index (χ3n) is 3.70. The summed E-state index contributed by atoms with van der Waals surface area (Å²) < 4.78 is 23.2. The van der Waals surface area contributed by atoms with Gasteiger partial charge in [0.25, 0.3) is 5.69 Å². The second-order valence-electron chi connectivity index (χ2n) is 5.60. The largest absolute Gasteiger partial charge is 0.317 e. The number of nitrogens with one attached hydrogen (secondary N) is 1. The summed E-state index contributed by atoms with van der Waals surface area (Å²) in [7, 11) is -1.67. The Balaban J connectivity index is 3.51. The van der Waals surface area contributed by atoms with Crippen molar-refractivity contribution in [1.82, 2.24) is 5.32 Å². The molecule has 0 spiro atoms. The van der Waals surface area contributed by atoms with Crippen molar-refractivity contribution >= 4 is 15.5 Å². The minimum atomic E-state index is -3.47. The van der Waals surface area contributed by atoms with Gasteiger partial charge in [-0.15, -0.1) is 0 Å². The molecule has 0 saturated heterocycles. The highest BCUT2D eigenvalue weighted by atomic mass is 32.2. The fraction of sp³-hybridized carbons (Fsp3) is 0.571. The first-order valence-electron chi connectivity index (χ1n) is 6.75. The van der Waals surface area contributed by atoms with Gasteiger partial charge in [0.15, 0.2) is 9.84 Å². The second kappa shape index (κ2) is 6.53. The zero-order valence-electron chi connectivity index (χ0n) is 13.0. The van der Waals surface area contributed by atoms with Crippen LogP contribution in [0.25, 0.3) is 0 Å². The van der Waals surface area contributed by atoms with Crippen LogP contribution in [-0.4, -0.2) is 32.7 Å². The molecule has 0 aliphatic carbocycles. The molecule has 118 valence electrons. The highest BCUT2D eigenvalue weighted by Crippen LogP contribution is 2.35. The summed E-state index contributed by atoms with van der Waals surface area (Å²) in [5.41, 5.74) is 0.419. The van der Waals surface area contributed by atoms with Crippen LogP contribution in [0.1, 0.15) is 32.3 Å². The minimum Gasteiger partial charge on any atom is -0.317 e. The predicted octanol–water partition coefficient (Wildman–Crippen LogP) is 2.35. The minimum absolute atomic E-state index is 0.0300. The molecule has 0 fully saturated rings. The maximum Gasteiger partial charge on any atom is 0.274 e. The van der Waals surface area contributed by atoms with Gasteiger partial charge >= 0.3 is 0 Å². The Morgan fingerprint density at radius 3 is 2.19 bits per heavy atom. The maximum absolute atomic E-state index is 11.6. The molecule has 0 radical (unpaired) electrons. The van der Waals surface area contributed by atoms with Crippen LogP contribution in [-0.2, 0) is 9.84 Å². The molecule has 1 aromatic rings. The van der Waals surface area contributed by atoms with Gasteiger partial charge in [0.2, 0.25) is 0 Å². The van der Waals surface area contributed by atoms with Gasteiger partial charge in [0.1, 0.15) is 0 Å². The van der Waals surface area contributed by atoms with Crippen LogP contribution in [0, 0.1) is 16.0 Å². The molecule has 0 amide bonds. The summed E-state index contributed by atoms with van der Waals surface area (Å²) >= 11 is 0. The number of nitro benzene ring substituents is 1. The molecule has 0 aliphatic rings. The van der Waals surface area contributed by atoms with Gasteiger partial charge in [-0.05, 0) is 26.0 Å². The van der Waals surface area contributed by atoms with E-state index < -0.39 is 14.8 Å². The predicted molar refractivity (Wildman–Crippen MR) is 82.3 cm³/mol. The van der Waals surface area contributed by atoms with Crippen molar-refractivity contribution in [2.75, 3.05) is 13.3 Å². The molecular weight excluding hydrogens is 292 g/mol. The number of hydrogen-bond donors (Lipinski definition) is 1. The summed E-state index contributed by atoms with van der Waals surface area (Å²) in [5.74, 6) is 0.0965. The molecule has 2 unspecified atom stereocenters. The number of benzene rings is 1. The van der Waals surface area contributed by atoms with E-state index in [1.54, 1.807) is 13.1 Å². The van der Waals surface area contributed by atoms with Crippen molar-refractivity contribution in [3.63, 3.8) is 0 Å². The van der Waals surface area contributed by atoms with Gasteiger partial charge in [-0.1, -0.05) is 19.9 Å². The van der Waals surface area contributed by atoms with Crippen LogP contribution in [0.3, 0.4) is 0 Å². The smallest absolute Gasteiger partial charge is 0.274 e. The van der Waals surface area contributed by atoms with E-state index in [9.17, 15) is 18.5 Å². The topological polar surface area (TPSA) is 89.3 Å². The Kier molecular flexibility index (Phi) is 5.47. The van der Waals surface area contributed by atoms with Crippen LogP contribution in [0.15, 0.2) is 23.1 Å². The molecule has 6 nitrogen and oxygen atoms in total. The molecule has 0 bridgehead atoms. The molecule has 1 rings (SSSR count). The van der Waals surface area contributed by atoms with Gasteiger partial charge in [-0.3, -0.25) is 10.1 Å². The van der Waals surface area contributed by atoms with Gasteiger partial charge in [0.05, 0.1) is 9.82 Å². The Bertz CT molecular complexity index is 626. The van der Waals surface area contributed by atoms with E-state index in [1.165, 1.54) is 6.07 Å². The number of hydrogen-bond acceptors (Lipinski definition) is 5. The van der Waals surface area contributed by atoms with E-state index >= 15 is 0 Å². The molecule has 0 saturated carbocycles. The van der Waals surface area contributed by atoms with Crippen LogP contribution in [0.4, 0.5) is 5.69 Å². The summed E-state index contributed by atoms with van der Waals surface area (Å²) in [6.45, 7) is 5.94. The maximum atomic E-state index is 11.6. The number of nitro groups is 1. The fourth-order valence-electron chi connectivity index (χ4n) is 2.58. The van der Waals surface area contributed by atoms with Crippen LogP contribution >= 0.6 is 0 Å². The van der Waals surface area contributed by atoms with Crippen molar-refractivity contribution in [3.05, 3.63) is 33.9 Å². The van der Waals surface area contributed by atoms with Gasteiger partial charge in [0, 0.05) is 29.8 Å². The zero-order valence-corrected chi connectivity index (χ0v) is 13.8. The lowest BCUT2D eigenvalue weighted by Crippen LogP contribution is -2.32. The SMILES string of the molecule is CNC(C)C(c1ccc(S(C)(=O)=O)cc1[N+](=O)[O-])C(C)C. The normalized spacial score (nSPS) is 15.0. The molecule has 0 heterocycles. The standard InChI is InChI=1S/C14H22N2O4S/c1-9(2)14(10(3)15-4)12-7-6-11(21(5,19)20)8-13(12)16(17)18/h6-10,14-15H,1-5H3. The van der Waals surface area contributed by atoms with Crippen LogP contribution in [0.5, 0.6) is 0 Å². The molecule has 1 aromatic carbocycles. The summed E-state index contributed by atoms with van der Waals surface area (Å²) in [6, 6.07) is 4.19. The van der Waals surface area contributed by atoms with Crippen molar-refractivity contribution in [1.29, 1.82) is 0 Å². The third kappa shape index (κ3) is 4.01. The third-order valence-corrected chi connectivity index (χ3v) is 4.81. The number of sulfone groups is 1. The van der Waals surface area contributed by atoms with Crippen LogP contribution < -0.4 is 5.32 Å². The lowest BCUT2D eigenvalue weighted by atomic mass is 9.82. The van der Waals surface area contributed by atoms with Gasteiger partial charge < -0.3 is 5.32 Å². The van der Waals surface area contributed by atoms with E-state index in [2.05, 4.69) is 5.32 Å². The average molecular weight is 314 g/mol. The van der Waals surface area contributed by atoms with Crippen molar-refractivity contribution in [2.24, 2.45) is 5.92 Å². The van der Waals surface area contributed by atoms with E-state index in [0.717, 1.165) is 12.3 Å². The first-order chi connectivity index (χ1) is 9.59. The summed E-state index contributed by atoms with van der Waals surface area (Å²) in [6.07, 6.45) is 1.04. The van der Waals surface area contributed by atoms with E-state index in [4.69, 9.17) is 0 Å². The van der Waals surface area contributed by atoms with E-state index in [0.29, 0.717) is 5.56 Å². The molecule has 21 heavy (non-hydrogen) atoms.